The van der Waals surface area contributed by atoms with E-state index >= 15 is 0 Å². The molecule has 1 aromatic carbocycles. The summed E-state index contributed by atoms with van der Waals surface area (Å²) in [7, 11) is -5.17. The SMILES string of the molecule is O=S(=O)([O-])[O-].S=c1[nH]c2ccccc2s1.[Ni+2]. The summed E-state index contributed by atoms with van der Waals surface area (Å²) in [6, 6.07) is 8.11. The van der Waals surface area contributed by atoms with Crippen molar-refractivity contribution >= 4 is 44.2 Å². The average Bonchev–Trinajstić information content (AvgIpc) is 2.40. The van der Waals surface area contributed by atoms with Crippen molar-refractivity contribution in [2.24, 2.45) is 0 Å². The Morgan fingerprint density at radius 3 is 2.25 bits per heavy atom. The zero-order chi connectivity index (χ0) is 11.5. The molecule has 0 saturated carbocycles. The molecule has 0 radical (unpaired) electrons. The second kappa shape index (κ2) is 6.43. The van der Waals surface area contributed by atoms with Crippen LogP contribution in [0.2, 0.25) is 0 Å². The van der Waals surface area contributed by atoms with Crippen molar-refractivity contribution in [1.82, 2.24) is 4.98 Å². The van der Waals surface area contributed by atoms with Crippen LogP contribution in [-0.2, 0) is 26.9 Å². The molecule has 1 N–H and O–H groups in total. The van der Waals surface area contributed by atoms with Crippen LogP contribution >= 0.6 is 23.6 Å². The minimum Gasteiger partial charge on any atom is -0.759 e. The van der Waals surface area contributed by atoms with Crippen molar-refractivity contribution in [2.75, 3.05) is 0 Å². The third kappa shape index (κ3) is 6.31. The molecule has 1 aromatic heterocycles. The number of aromatic amines is 1. The molecule has 0 aliphatic heterocycles. The Morgan fingerprint density at radius 1 is 1.25 bits per heavy atom. The topological polar surface area (TPSA) is 96.1 Å². The van der Waals surface area contributed by atoms with Crippen molar-refractivity contribution in [1.29, 1.82) is 0 Å². The first-order valence-electron chi connectivity index (χ1n) is 3.61. The van der Waals surface area contributed by atoms with Gasteiger partial charge < -0.3 is 14.1 Å². The fourth-order valence-corrected chi connectivity index (χ4v) is 2.01. The zero-order valence-corrected chi connectivity index (χ0v) is 10.9. The largest absolute Gasteiger partial charge is 2.00 e. The van der Waals surface area contributed by atoms with Crippen LogP contribution in [0.15, 0.2) is 24.3 Å². The summed E-state index contributed by atoms with van der Waals surface area (Å²) in [6.45, 7) is 0. The summed E-state index contributed by atoms with van der Waals surface area (Å²) in [6.07, 6.45) is 0. The number of aromatic nitrogens is 1. The molecule has 0 unspecified atom stereocenters. The van der Waals surface area contributed by atoms with E-state index in [0.717, 1.165) is 9.47 Å². The van der Waals surface area contributed by atoms with E-state index in [0.29, 0.717) is 0 Å². The molecule has 0 atom stereocenters. The van der Waals surface area contributed by atoms with Gasteiger partial charge in [-0.15, -0.1) is 11.3 Å². The molecule has 0 aliphatic rings. The molecule has 0 saturated heterocycles. The molecular weight excluding hydrogens is 317 g/mol. The van der Waals surface area contributed by atoms with E-state index in [-0.39, 0.29) is 16.5 Å². The molecule has 90 valence electrons. The first kappa shape index (κ1) is 15.7. The fraction of sp³-hybridized carbons (Fsp3) is 0. The third-order valence-electron chi connectivity index (χ3n) is 1.33. The third-order valence-corrected chi connectivity index (χ3v) is 2.54. The van der Waals surface area contributed by atoms with Gasteiger partial charge in [0, 0.05) is 10.4 Å². The monoisotopic (exact) mass is 321 g/mol. The van der Waals surface area contributed by atoms with Gasteiger partial charge in [0.25, 0.3) is 0 Å². The van der Waals surface area contributed by atoms with Gasteiger partial charge in [-0.3, -0.25) is 8.42 Å². The Kier molecular flexibility index (Phi) is 6.31. The van der Waals surface area contributed by atoms with Crippen LogP contribution in [0, 0.1) is 3.95 Å². The van der Waals surface area contributed by atoms with Crippen LogP contribution in [0.5, 0.6) is 0 Å². The molecule has 0 aliphatic carbocycles. The molecule has 0 fully saturated rings. The Bertz CT molecular complexity index is 559. The Balaban J connectivity index is 0.000000330. The first-order chi connectivity index (χ1) is 6.86. The normalized spacial score (nSPS) is 10.1. The second-order valence-corrected chi connectivity index (χ2v) is 4.95. The predicted octanol–water partition coefficient (Wildman–Crippen LogP) is 1.62. The summed E-state index contributed by atoms with van der Waals surface area (Å²) in [5.41, 5.74) is 1.14. The summed E-state index contributed by atoms with van der Waals surface area (Å²) in [4.78, 5) is 3.09. The number of thiazole rings is 1. The molecule has 0 amide bonds. The van der Waals surface area contributed by atoms with Crippen molar-refractivity contribution in [3.8, 4) is 0 Å². The van der Waals surface area contributed by atoms with Crippen molar-refractivity contribution < 1.29 is 34.0 Å². The van der Waals surface area contributed by atoms with Crippen LogP contribution in [0.3, 0.4) is 0 Å². The molecule has 16 heavy (non-hydrogen) atoms. The zero-order valence-electron chi connectivity index (χ0n) is 7.48. The summed E-state index contributed by atoms with van der Waals surface area (Å²) < 4.78 is 36.2. The Morgan fingerprint density at radius 2 is 1.75 bits per heavy atom. The number of benzene rings is 1. The van der Waals surface area contributed by atoms with Gasteiger partial charge >= 0.3 is 16.5 Å². The molecule has 9 heteroatoms. The number of H-pyrrole nitrogens is 1. The van der Waals surface area contributed by atoms with E-state index in [1.54, 1.807) is 11.3 Å². The van der Waals surface area contributed by atoms with Crippen LogP contribution in [-0.4, -0.2) is 22.5 Å². The molecule has 0 spiro atoms. The average molecular weight is 322 g/mol. The number of hydrogen-bond acceptors (Lipinski definition) is 6. The fourth-order valence-electron chi connectivity index (χ4n) is 0.894. The Hall–Kier alpha value is -0.306. The van der Waals surface area contributed by atoms with Gasteiger partial charge in [-0.2, -0.15) is 0 Å². The van der Waals surface area contributed by atoms with Crippen molar-refractivity contribution in [3.63, 3.8) is 0 Å². The molecule has 1 heterocycles. The van der Waals surface area contributed by atoms with E-state index in [4.69, 9.17) is 29.7 Å². The number of rotatable bonds is 0. The van der Waals surface area contributed by atoms with Crippen molar-refractivity contribution in [2.45, 2.75) is 0 Å². The van der Waals surface area contributed by atoms with Gasteiger partial charge in [-0.05, 0) is 24.4 Å². The maximum absolute atomic E-state index is 8.52. The van der Waals surface area contributed by atoms with Crippen LogP contribution in [0.1, 0.15) is 0 Å². The maximum atomic E-state index is 8.52. The summed E-state index contributed by atoms with van der Waals surface area (Å²) >= 11 is 6.59. The first-order valence-corrected chi connectivity index (χ1v) is 6.16. The number of nitrogens with one attached hydrogen (secondary N) is 1. The molecule has 5 nitrogen and oxygen atoms in total. The molecule has 0 bridgehead atoms. The van der Waals surface area contributed by atoms with Gasteiger partial charge in [0.15, 0.2) is 3.95 Å². The van der Waals surface area contributed by atoms with E-state index in [1.807, 2.05) is 18.2 Å². The van der Waals surface area contributed by atoms with Crippen LogP contribution in [0.4, 0.5) is 0 Å². The summed E-state index contributed by atoms with van der Waals surface area (Å²) in [5, 5.41) is 0. The molecular formula is C7H5NNiO4S3. The van der Waals surface area contributed by atoms with Crippen LogP contribution < -0.4 is 0 Å². The smallest absolute Gasteiger partial charge is 0.759 e. The van der Waals surface area contributed by atoms with Crippen LogP contribution in [0.25, 0.3) is 10.2 Å². The molecule has 2 rings (SSSR count). The summed E-state index contributed by atoms with van der Waals surface area (Å²) in [5.74, 6) is 0. The quantitative estimate of drug-likeness (QED) is 0.344. The second-order valence-electron chi connectivity index (χ2n) is 2.42. The number of fused-ring (bicyclic) bond motifs is 1. The predicted molar refractivity (Wildman–Crippen MR) is 57.5 cm³/mol. The van der Waals surface area contributed by atoms with Gasteiger partial charge in [-0.25, -0.2) is 0 Å². The van der Waals surface area contributed by atoms with Gasteiger partial charge in [0.2, 0.25) is 0 Å². The van der Waals surface area contributed by atoms with E-state index in [1.165, 1.54) is 4.70 Å². The van der Waals surface area contributed by atoms with E-state index in [2.05, 4.69) is 11.1 Å². The van der Waals surface area contributed by atoms with E-state index in [9.17, 15) is 0 Å². The number of para-hydroxylation sites is 1. The molecule has 2 aromatic rings. The van der Waals surface area contributed by atoms with Gasteiger partial charge in [-0.1, -0.05) is 12.1 Å². The standard InChI is InChI=1S/C7H5NS2.Ni.H2O4S/c9-7-8-5-3-1-2-4-6(5)10-7;;1-5(2,3)4/h1-4H,(H,8,9);;(H2,1,2,3,4)/q;+2;/p-2. The Labute approximate surface area is 111 Å². The van der Waals surface area contributed by atoms with Gasteiger partial charge in [0.1, 0.15) is 0 Å². The van der Waals surface area contributed by atoms with Gasteiger partial charge in [0.05, 0.1) is 10.2 Å². The van der Waals surface area contributed by atoms with E-state index < -0.39 is 10.4 Å². The number of hydrogen-bond donors (Lipinski definition) is 1. The van der Waals surface area contributed by atoms with Crippen molar-refractivity contribution in [3.05, 3.63) is 28.2 Å². The minimum absolute atomic E-state index is 0. The minimum atomic E-state index is -5.17. The maximum Gasteiger partial charge on any atom is 2.00 e.